The van der Waals surface area contributed by atoms with Crippen LogP contribution in [-0.4, -0.2) is 47.5 Å². The monoisotopic (exact) mass is 293 g/mol. The number of hydrogen-bond acceptors (Lipinski definition) is 3. The average Bonchev–Trinajstić information content (AvgIpc) is 2.39. The molecule has 0 saturated heterocycles. The van der Waals surface area contributed by atoms with Gasteiger partial charge >= 0.3 is 12.0 Å². The Balaban J connectivity index is 2.51. The highest BCUT2D eigenvalue weighted by molar-refractivity contribution is 5.85. The number of primary amides is 1. The van der Waals surface area contributed by atoms with E-state index < -0.39 is 31.0 Å². The van der Waals surface area contributed by atoms with E-state index in [1.807, 2.05) is 31.2 Å². The summed E-state index contributed by atoms with van der Waals surface area (Å²) in [7, 11) is 0. The third-order valence-corrected chi connectivity index (χ3v) is 2.89. The van der Waals surface area contributed by atoms with Crippen molar-refractivity contribution in [2.24, 2.45) is 5.73 Å². The zero-order chi connectivity index (χ0) is 15.8. The van der Waals surface area contributed by atoms with Crippen LogP contribution in [-0.2, 0) is 16.0 Å². The molecule has 1 aromatic carbocycles. The van der Waals surface area contributed by atoms with Crippen molar-refractivity contribution < 1.29 is 19.5 Å². The summed E-state index contributed by atoms with van der Waals surface area (Å²) >= 11 is 0. The molecule has 7 heteroatoms. The predicted octanol–water partition coefficient (Wildman–Crippen LogP) is 0.119. The van der Waals surface area contributed by atoms with Crippen LogP contribution in [0, 0.1) is 6.92 Å². The van der Waals surface area contributed by atoms with Crippen LogP contribution in [0.1, 0.15) is 11.1 Å². The van der Waals surface area contributed by atoms with Crippen molar-refractivity contribution in [3.05, 3.63) is 35.4 Å². The average molecular weight is 293 g/mol. The number of rotatable bonds is 7. The van der Waals surface area contributed by atoms with E-state index in [9.17, 15) is 14.4 Å². The van der Waals surface area contributed by atoms with Gasteiger partial charge in [-0.25, -0.2) is 4.79 Å². The number of carboxylic acid groups (broad SMARTS) is 1. The van der Waals surface area contributed by atoms with Crippen molar-refractivity contribution in [3.8, 4) is 0 Å². The molecule has 0 radical (unpaired) electrons. The molecule has 7 nitrogen and oxygen atoms in total. The van der Waals surface area contributed by atoms with Crippen molar-refractivity contribution in [1.82, 2.24) is 10.2 Å². The lowest BCUT2D eigenvalue weighted by Gasteiger charge is -2.19. The summed E-state index contributed by atoms with van der Waals surface area (Å²) in [6.45, 7) is 1.32. The Hall–Kier alpha value is -2.57. The van der Waals surface area contributed by atoms with E-state index in [1.54, 1.807) is 0 Å². The van der Waals surface area contributed by atoms with Crippen molar-refractivity contribution in [2.45, 2.75) is 13.3 Å². The van der Waals surface area contributed by atoms with Crippen LogP contribution in [0.25, 0.3) is 0 Å². The van der Waals surface area contributed by atoms with E-state index in [-0.39, 0.29) is 0 Å². The highest BCUT2D eigenvalue weighted by Gasteiger charge is 2.18. The van der Waals surface area contributed by atoms with Gasteiger partial charge in [0.2, 0.25) is 5.91 Å². The number of aryl methyl sites for hydroxylation is 1. The van der Waals surface area contributed by atoms with Crippen LogP contribution in [0.5, 0.6) is 0 Å². The fourth-order valence-electron chi connectivity index (χ4n) is 1.86. The molecule has 1 aromatic rings. The lowest BCUT2D eigenvalue weighted by Crippen LogP contribution is -2.47. The summed E-state index contributed by atoms with van der Waals surface area (Å²) in [5.41, 5.74) is 7.20. The largest absolute Gasteiger partial charge is 0.480 e. The molecule has 21 heavy (non-hydrogen) atoms. The second-order valence-corrected chi connectivity index (χ2v) is 4.62. The van der Waals surface area contributed by atoms with Gasteiger partial charge in [0, 0.05) is 6.54 Å². The maximum Gasteiger partial charge on any atom is 0.323 e. The Morgan fingerprint density at radius 3 is 2.48 bits per heavy atom. The quantitative estimate of drug-likeness (QED) is 0.662. The molecule has 0 bridgehead atoms. The van der Waals surface area contributed by atoms with Gasteiger partial charge in [-0.05, 0) is 24.5 Å². The molecule has 0 atom stereocenters. The number of hydrogen-bond donors (Lipinski definition) is 3. The van der Waals surface area contributed by atoms with E-state index in [4.69, 9.17) is 10.8 Å². The minimum atomic E-state index is -1.20. The maximum absolute atomic E-state index is 11.8. The smallest absolute Gasteiger partial charge is 0.323 e. The summed E-state index contributed by atoms with van der Waals surface area (Å²) in [5, 5.41) is 11.3. The molecule has 3 amide bonds. The van der Waals surface area contributed by atoms with Gasteiger partial charge < -0.3 is 21.1 Å². The molecular weight excluding hydrogens is 274 g/mol. The molecule has 0 heterocycles. The molecule has 0 fully saturated rings. The lowest BCUT2D eigenvalue weighted by atomic mass is 10.1. The molecule has 0 spiro atoms. The van der Waals surface area contributed by atoms with Crippen LogP contribution in [0.4, 0.5) is 4.79 Å². The number of benzene rings is 1. The predicted molar refractivity (Wildman–Crippen MR) is 76.7 cm³/mol. The summed E-state index contributed by atoms with van der Waals surface area (Å²) < 4.78 is 0. The number of urea groups is 1. The Kier molecular flexibility index (Phi) is 6.19. The molecular formula is C14H19N3O4. The first kappa shape index (κ1) is 16.5. The van der Waals surface area contributed by atoms with Crippen LogP contribution in [0.3, 0.4) is 0 Å². The molecule has 0 unspecified atom stereocenters. The molecule has 0 aliphatic rings. The number of nitrogens with zero attached hydrogens (tertiary/aromatic N) is 1. The topological polar surface area (TPSA) is 113 Å². The highest BCUT2D eigenvalue weighted by Crippen LogP contribution is 2.06. The van der Waals surface area contributed by atoms with Gasteiger partial charge in [-0.15, -0.1) is 0 Å². The number of carboxylic acids is 1. The minimum absolute atomic E-state index is 0.346. The number of aliphatic carboxylic acids is 1. The second-order valence-electron chi connectivity index (χ2n) is 4.62. The third kappa shape index (κ3) is 5.94. The second kappa shape index (κ2) is 7.88. The van der Waals surface area contributed by atoms with Gasteiger partial charge in [0.05, 0.1) is 0 Å². The summed E-state index contributed by atoms with van der Waals surface area (Å²) in [6, 6.07) is 7.15. The number of carbonyl (C=O) groups is 3. The standard InChI is InChI=1S/C14H19N3O4/c1-10-4-2-3-5-11(10)6-7-16-14(21)17(8-12(15)18)9-13(19)20/h2-5H,6-9H2,1H3,(H2,15,18)(H,16,21)(H,19,20). The fraction of sp³-hybridized carbons (Fsp3) is 0.357. The van der Waals surface area contributed by atoms with Gasteiger partial charge in [-0.3, -0.25) is 9.59 Å². The van der Waals surface area contributed by atoms with Crippen molar-refractivity contribution >= 4 is 17.9 Å². The van der Waals surface area contributed by atoms with Gasteiger partial charge in [0.15, 0.2) is 0 Å². The number of amides is 3. The van der Waals surface area contributed by atoms with Gasteiger partial charge in [0.25, 0.3) is 0 Å². The number of nitrogens with two attached hydrogens (primary N) is 1. The normalized spacial score (nSPS) is 9.95. The SMILES string of the molecule is Cc1ccccc1CCNC(=O)N(CC(N)=O)CC(=O)O. The third-order valence-electron chi connectivity index (χ3n) is 2.89. The Morgan fingerprint density at radius 1 is 1.24 bits per heavy atom. The minimum Gasteiger partial charge on any atom is -0.480 e. The van der Waals surface area contributed by atoms with Gasteiger partial charge in [-0.2, -0.15) is 0 Å². The van der Waals surface area contributed by atoms with E-state index in [0.717, 1.165) is 16.0 Å². The van der Waals surface area contributed by atoms with Gasteiger partial charge in [0.1, 0.15) is 13.1 Å². The first-order valence-electron chi connectivity index (χ1n) is 6.47. The molecule has 0 aliphatic carbocycles. The first-order chi connectivity index (χ1) is 9.90. The molecule has 114 valence electrons. The Bertz CT molecular complexity index is 515. The number of nitrogens with one attached hydrogen (secondary N) is 1. The molecule has 1 rings (SSSR count). The van der Waals surface area contributed by atoms with Crippen molar-refractivity contribution in [3.63, 3.8) is 0 Å². The van der Waals surface area contributed by atoms with E-state index in [2.05, 4.69) is 5.32 Å². The maximum atomic E-state index is 11.8. The Morgan fingerprint density at radius 2 is 1.90 bits per heavy atom. The molecule has 0 aromatic heterocycles. The summed E-state index contributed by atoms with van der Waals surface area (Å²) in [5.74, 6) is -1.96. The van der Waals surface area contributed by atoms with Crippen LogP contribution >= 0.6 is 0 Å². The fourth-order valence-corrected chi connectivity index (χ4v) is 1.86. The van der Waals surface area contributed by atoms with Crippen LogP contribution in [0.15, 0.2) is 24.3 Å². The molecule has 0 aliphatic heterocycles. The lowest BCUT2D eigenvalue weighted by molar-refractivity contribution is -0.137. The summed E-state index contributed by atoms with van der Waals surface area (Å²) in [6.07, 6.45) is 0.621. The zero-order valence-corrected chi connectivity index (χ0v) is 11.8. The van der Waals surface area contributed by atoms with E-state index in [0.29, 0.717) is 13.0 Å². The van der Waals surface area contributed by atoms with E-state index in [1.165, 1.54) is 0 Å². The number of carbonyl (C=O) groups excluding carboxylic acids is 2. The van der Waals surface area contributed by atoms with Crippen molar-refractivity contribution in [1.29, 1.82) is 0 Å². The van der Waals surface area contributed by atoms with Crippen LogP contribution in [0.2, 0.25) is 0 Å². The molecule has 0 saturated carbocycles. The highest BCUT2D eigenvalue weighted by atomic mass is 16.4. The van der Waals surface area contributed by atoms with Gasteiger partial charge in [-0.1, -0.05) is 24.3 Å². The first-order valence-corrected chi connectivity index (χ1v) is 6.47. The van der Waals surface area contributed by atoms with Crippen molar-refractivity contribution in [2.75, 3.05) is 19.6 Å². The zero-order valence-electron chi connectivity index (χ0n) is 11.8. The Labute approximate surface area is 122 Å². The summed E-state index contributed by atoms with van der Waals surface area (Å²) in [4.78, 5) is 34.2. The molecule has 4 N–H and O–H groups in total. The van der Waals surface area contributed by atoms with Crippen LogP contribution < -0.4 is 11.1 Å². The van der Waals surface area contributed by atoms with E-state index >= 15 is 0 Å².